The van der Waals surface area contributed by atoms with Gasteiger partial charge in [0.1, 0.15) is 0 Å². The molecule has 1 heterocycles. The van der Waals surface area contributed by atoms with Crippen molar-refractivity contribution in [1.29, 1.82) is 0 Å². The van der Waals surface area contributed by atoms with E-state index in [4.69, 9.17) is 11.5 Å². The number of hydrogen-bond donors (Lipinski definition) is 2. The highest BCUT2D eigenvalue weighted by Crippen LogP contribution is 2.22. The molecule has 2 aromatic carbocycles. The second-order valence-electron chi connectivity index (χ2n) is 3.68. The summed E-state index contributed by atoms with van der Waals surface area (Å²) in [5.74, 6) is 0. The fourth-order valence-electron chi connectivity index (χ4n) is 1.70. The van der Waals surface area contributed by atoms with Gasteiger partial charge < -0.3 is 16.9 Å². The van der Waals surface area contributed by atoms with Crippen molar-refractivity contribution in [2.75, 3.05) is 11.5 Å². The van der Waals surface area contributed by atoms with Crippen molar-refractivity contribution >= 4 is 45.8 Å². The van der Waals surface area contributed by atoms with Crippen LogP contribution in [0.15, 0.2) is 36.4 Å². The van der Waals surface area contributed by atoms with Crippen LogP contribution in [0, 0.1) is 0 Å². The van der Waals surface area contributed by atoms with Crippen LogP contribution in [0.25, 0.3) is 22.1 Å². The van der Waals surface area contributed by atoms with Crippen LogP contribution < -0.4 is 11.5 Å². The smallest absolute Gasteiger partial charge is 0.0916 e. The Morgan fingerprint density at radius 1 is 0.722 bits per heavy atom. The highest BCUT2D eigenvalue weighted by Gasteiger charge is 2.03. The minimum absolute atomic E-state index is 0. The van der Waals surface area contributed by atoms with Crippen molar-refractivity contribution in [3.05, 3.63) is 36.4 Å². The first-order valence-electron chi connectivity index (χ1n) is 4.95. The molecule has 6 heteroatoms. The first-order valence-corrected chi connectivity index (χ1v) is 4.95. The summed E-state index contributed by atoms with van der Waals surface area (Å²) < 4.78 is 0. The second kappa shape index (κ2) is 5.03. The third kappa shape index (κ3) is 2.13. The SMILES string of the molecule is Cl.Nc1cc2nc3ccccc3nc2cc1N.O. The van der Waals surface area contributed by atoms with Crippen molar-refractivity contribution in [3.8, 4) is 0 Å². The molecular weight excluding hydrogens is 252 g/mol. The fraction of sp³-hybridized carbons (Fsp3) is 0. The molecule has 0 spiro atoms. The molecule has 0 atom stereocenters. The van der Waals surface area contributed by atoms with Gasteiger partial charge in [-0.3, -0.25) is 0 Å². The van der Waals surface area contributed by atoms with Crippen molar-refractivity contribution in [2.45, 2.75) is 0 Å². The molecule has 18 heavy (non-hydrogen) atoms. The maximum atomic E-state index is 5.74. The molecule has 0 saturated carbocycles. The second-order valence-corrected chi connectivity index (χ2v) is 3.68. The average Bonchev–Trinajstić information content (AvgIpc) is 2.28. The number of halogens is 1. The molecule has 6 N–H and O–H groups in total. The van der Waals surface area contributed by atoms with Crippen molar-refractivity contribution in [3.63, 3.8) is 0 Å². The van der Waals surface area contributed by atoms with Crippen LogP contribution in [-0.4, -0.2) is 15.4 Å². The monoisotopic (exact) mass is 264 g/mol. The van der Waals surface area contributed by atoms with E-state index in [-0.39, 0.29) is 17.9 Å². The van der Waals surface area contributed by atoms with Gasteiger partial charge in [0, 0.05) is 0 Å². The van der Waals surface area contributed by atoms with Gasteiger partial charge in [-0.15, -0.1) is 12.4 Å². The minimum atomic E-state index is 0. The Kier molecular flexibility index (Phi) is 3.90. The van der Waals surface area contributed by atoms with Gasteiger partial charge in [0.2, 0.25) is 0 Å². The molecule has 1 aromatic heterocycles. The summed E-state index contributed by atoms with van der Waals surface area (Å²) in [5, 5.41) is 0. The lowest BCUT2D eigenvalue weighted by Gasteiger charge is -2.04. The maximum absolute atomic E-state index is 5.74. The quantitative estimate of drug-likeness (QED) is 0.474. The third-order valence-corrected chi connectivity index (χ3v) is 2.54. The molecule has 0 radical (unpaired) electrons. The molecule has 0 aliphatic heterocycles. The fourth-order valence-corrected chi connectivity index (χ4v) is 1.70. The van der Waals surface area contributed by atoms with E-state index in [0.717, 1.165) is 22.1 Å². The zero-order chi connectivity index (χ0) is 11.1. The van der Waals surface area contributed by atoms with Crippen LogP contribution in [0.3, 0.4) is 0 Å². The molecule has 3 rings (SSSR count). The van der Waals surface area contributed by atoms with Crippen LogP contribution in [0.4, 0.5) is 11.4 Å². The van der Waals surface area contributed by atoms with Crippen LogP contribution in [-0.2, 0) is 0 Å². The summed E-state index contributed by atoms with van der Waals surface area (Å²) in [6.45, 7) is 0. The van der Waals surface area contributed by atoms with Gasteiger partial charge in [-0.05, 0) is 24.3 Å². The molecule has 0 fully saturated rings. The normalized spacial score (nSPS) is 9.78. The predicted octanol–water partition coefficient (Wildman–Crippen LogP) is 1.54. The molecule has 0 amide bonds. The topological polar surface area (TPSA) is 109 Å². The van der Waals surface area contributed by atoms with E-state index in [9.17, 15) is 0 Å². The van der Waals surface area contributed by atoms with E-state index >= 15 is 0 Å². The van der Waals surface area contributed by atoms with Gasteiger partial charge in [-0.2, -0.15) is 0 Å². The first kappa shape index (κ1) is 14.0. The lowest BCUT2D eigenvalue weighted by molar-refractivity contribution is 0.824. The van der Waals surface area contributed by atoms with Crippen LogP contribution in [0.5, 0.6) is 0 Å². The van der Waals surface area contributed by atoms with Crippen molar-refractivity contribution in [2.24, 2.45) is 0 Å². The summed E-state index contributed by atoms with van der Waals surface area (Å²) in [5.41, 5.74) is 15.8. The lowest BCUT2D eigenvalue weighted by Crippen LogP contribution is -1.96. The minimum Gasteiger partial charge on any atom is -0.412 e. The Bertz CT molecular complexity index is 642. The summed E-state index contributed by atoms with van der Waals surface area (Å²) in [7, 11) is 0. The molecule has 0 bridgehead atoms. The van der Waals surface area contributed by atoms with Crippen LogP contribution >= 0.6 is 12.4 Å². The number of aromatic nitrogens is 2. The van der Waals surface area contributed by atoms with Crippen LogP contribution in [0.1, 0.15) is 0 Å². The number of nitrogens with two attached hydrogens (primary N) is 2. The molecule has 0 saturated heterocycles. The molecule has 94 valence electrons. The summed E-state index contributed by atoms with van der Waals surface area (Å²) >= 11 is 0. The number of benzene rings is 2. The Balaban J connectivity index is 0.000000810. The standard InChI is InChI=1S/C12H10N4.ClH.H2O/c13-7-5-11-12(6-8(7)14)16-10-4-2-1-3-9(10)15-11;;/h1-6H,13-14H2;1H;1H2. The van der Waals surface area contributed by atoms with E-state index in [1.165, 1.54) is 0 Å². The zero-order valence-electron chi connectivity index (χ0n) is 9.42. The van der Waals surface area contributed by atoms with E-state index in [1.807, 2.05) is 24.3 Å². The zero-order valence-corrected chi connectivity index (χ0v) is 10.2. The van der Waals surface area contributed by atoms with Crippen molar-refractivity contribution < 1.29 is 5.48 Å². The molecular formula is C12H13ClN4O. The van der Waals surface area contributed by atoms with Gasteiger partial charge in [0.25, 0.3) is 0 Å². The average molecular weight is 265 g/mol. The molecule has 0 unspecified atom stereocenters. The van der Waals surface area contributed by atoms with Gasteiger partial charge in [-0.25, -0.2) is 9.97 Å². The predicted molar refractivity (Wildman–Crippen MR) is 76.7 cm³/mol. The lowest BCUT2D eigenvalue weighted by atomic mass is 10.2. The van der Waals surface area contributed by atoms with Gasteiger partial charge in [0.15, 0.2) is 0 Å². The first-order chi connectivity index (χ1) is 7.74. The Morgan fingerprint density at radius 3 is 1.50 bits per heavy atom. The molecule has 3 aromatic rings. The highest BCUT2D eigenvalue weighted by atomic mass is 35.5. The third-order valence-electron chi connectivity index (χ3n) is 2.54. The number of fused-ring (bicyclic) bond motifs is 2. The highest BCUT2D eigenvalue weighted by molar-refractivity contribution is 5.91. The van der Waals surface area contributed by atoms with Gasteiger partial charge >= 0.3 is 0 Å². The Labute approximate surface area is 110 Å². The number of anilines is 2. The van der Waals surface area contributed by atoms with E-state index in [2.05, 4.69) is 9.97 Å². The number of rotatable bonds is 0. The molecule has 0 aliphatic rings. The molecule has 0 aliphatic carbocycles. The molecule has 5 nitrogen and oxygen atoms in total. The number of para-hydroxylation sites is 2. The van der Waals surface area contributed by atoms with E-state index in [1.54, 1.807) is 12.1 Å². The van der Waals surface area contributed by atoms with Crippen molar-refractivity contribution in [1.82, 2.24) is 9.97 Å². The van der Waals surface area contributed by atoms with Gasteiger partial charge in [-0.1, -0.05) is 12.1 Å². The van der Waals surface area contributed by atoms with Crippen LogP contribution in [0.2, 0.25) is 0 Å². The number of hydrogen-bond acceptors (Lipinski definition) is 4. The number of nitrogens with zero attached hydrogens (tertiary/aromatic N) is 2. The van der Waals surface area contributed by atoms with Gasteiger partial charge in [0.05, 0.1) is 33.4 Å². The number of nitrogen functional groups attached to an aromatic ring is 2. The summed E-state index contributed by atoms with van der Waals surface area (Å²) in [6.07, 6.45) is 0. The van der Waals surface area contributed by atoms with E-state index < -0.39 is 0 Å². The van der Waals surface area contributed by atoms with E-state index in [0.29, 0.717) is 11.4 Å². The largest absolute Gasteiger partial charge is 0.412 e. The Hall–Kier alpha value is -2.11. The summed E-state index contributed by atoms with van der Waals surface area (Å²) in [4.78, 5) is 8.96. The summed E-state index contributed by atoms with van der Waals surface area (Å²) in [6, 6.07) is 11.2. The Morgan fingerprint density at radius 2 is 1.11 bits per heavy atom. The maximum Gasteiger partial charge on any atom is 0.0916 e.